The van der Waals surface area contributed by atoms with Gasteiger partial charge in [-0.1, -0.05) is 37.9 Å². The number of alkyl halides is 3. The lowest BCUT2D eigenvalue weighted by Crippen LogP contribution is -2.51. The van der Waals surface area contributed by atoms with Gasteiger partial charge in [0.2, 0.25) is 0 Å². The third-order valence-electron chi connectivity index (χ3n) is 5.82. The van der Waals surface area contributed by atoms with E-state index < -0.39 is 11.7 Å². The van der Waals surface area contributed by atoms with E-state index in [1.54, 1.807) is 10.3 Å². The molecule has 0 bridgehead atoms. The summed E-state index contributed by atoms with van der Waals surface area (Å²) in [5.74, 6) is 0. The highest BCUT2D eigenvalue weighted by Crippen LogP contribution is 2.31. The van der Waals surface area contributed by atoms with Crippen LogP contribution in [-0.4, -0.2) is 54.1 Å². The van der Waals surface area contributed by atoms with Crippen LogP contribution in [0.15, 0.2) is 36.3 Å². The zero-order chi connectivity index (χ0) is 23.6. The number of piperidine rings is 1. The summed E-state index contributed by atoms with van der Waals surface area (Å²) in [6, 6.07) is 5.03. The summed E-state index contributed by atoms with van der Waals surface area (Å²) in [5.41, 5.74) is -0.616. The molecular formula is C23H35F3N4OS. The monoisotopic (exact) mass is 472 g/mol. The molecule has 1 aliphatic rings. The molecule has 180 valence electrons. The van der Waals surface area contributed by atoms with Gasteiger partial charge in [-0.05, 0) is 56.2 Å². The Labute approximate surface area is 193 Å². The lowest BCUT2D eigenvalue weighted by molar-refractivity contribution is -0.137. The van der Waals surface area contributed by atoms with Gasteiger partial charge >= 0.3 is 12.2 Å². The summed E-state index contributed by atoms with van der Waals surface area (Å²) in [6.45, 7) is 11.1. The standard InChI is InChI=1S/C23H35F3N4OS/c1-4-8-18(3)29-15-11-21(12-16-29)30(14-7-13-27-32-5-2)22(31)28-20-10-6-9-19(17-20)23(24,25)26/h5-6,9-10,17-18,21,27H,2,4,7-8,11-16H2,1,3H3,(H,28,31). The van der Waals surface area contributed by atoms with E-state index in [0.717, 1.165) is 57.3 Å². The molecule has 0 spiro atoms. The highest BCUT2D eigenvalue weighted by atomic mass is 32.2. The van der Waals surface area contributed by atoms with Gasteiger partial charge in [0.05, 0.1) is 5.56 Å². The Hall–Kier alpha value is -1.71. The summed E-state index contributed by atoms with van der Waals surface area (Å²) < 4.78 is 42.3. The van der Waals surface area contributed by atoms with E-state index in [2.05, 4.69) is 35.4 Å². The van der Waals surface area contributed by atoms with Crippen LogP contribution in [0.3, 0.4) is 0 Å². The first-order chi connectivity index (χ1) is 15.3. The minimum absolute atomic E-state index is 0.0675. The van der Waals surface area contributed by atoms with Gasteiger partial charge in [-0.15, -0.1) is 0 Å². The molecule has 2 rings (SSSR count). The highest BCUT2D eigenvalue weighted by Gasteiger charge is 2.32. The first kappa shape index (κ1) is 26.5. The Morgan fingerprint density at radius 2 is 2.09 bits per heavy atom. The van der Waals surface area contributed by atoms with Crippen molar-refractivity contribution in [1.82, 2.24) is 14.5 Å². The molecule has 1 aliphatic heterocycles. The number of nitrogens with zero attached hydrogens (tertiary/aromatic N) is 2. The first-order valence-corrected chi connectivity index (χ1v) is 12.1. The molecule has 5 nitrogen and oxygen atoms in total. The van der Waals surface area contributed by atoms with Crippen molar-refractivity contribution in [2.75, 3.05) is 31.5 Å². The fourth-order valence-corrected chi connectivity index (χ4v) is 4.48. The van der Waals surface area contributed by atoms with Crippen molar-refractivity contribution in [3.8, 4) is 0 Å². The molecule has 0 aliphatic carbocycles. The number of carbonyl (C=O) groups is 1. The first-order valence-electron chi connectivity index (χ1n) is 11.2. The molecule has 1 saturated heterocycles. The quantitative estimate of drug-likeness (QED) is 0.308. The van der Waals surface area contributed by atoms with Crippen LogP contribution < -0.4 is 10.0 Å². The number of halogens is 3. The van der Waals surface area contributed by atoms with Crippen molar-refractivity contribution in [1.29, 1.82) is 0 Å². The number of benzene rings is 1. The van der Waals surface area contributed by atoms with Gasteiger partial charge in [-0.25, -0.2) is 4.79 Å². The molecule has 2 amide bonds. The number of hydrogen-bond donors (Lipinski definition) is 2. The van der Waals surface area contributed by atoms with Crippen molar-refractivity contribution in [2.24, 2.45) is 0 Å². The van der Waals surface area contributed by atoms with Crippen LogP contribution in [0, 0.1) is 0 Å². The molecule has 2 N–H and O–H groups in total. The second kappa shape index (κ2) is 13.1. The second-order valence-corrected chi connectivity index (χ2v) is 9.00. The van der Waals surface area contributed by atoms with Gasteiger partial charge in [0.15, 0.2) is 0 Å². The molecule has 32 heavy (non-hydrogen) atoms. The van der Waals surface area contributed by atoms with Crippen LogP contribution in [0.4, 0.5) is 23.7 Å². The Bertz CT molecular complexity index is 723. The molecule has 1 fully saturated rings. The van der Waals surface area contributed by atoms with E-state index in [-0.39, 0.29) is 17.8 Å². The molecule has 1 aromatic carbocycles. The molecule has 1 unspecified atom stereocenters. The van der Waals surface area contributed by atoms with Crippen molar-refractivity contribution in [3.63, 3.8) is 0 Å². The van der Waals surface area contributed by atoms with Gasteiger partial charge in [0, 0.05) is 44.0 Å². The van der Waals surface area contributed by atoms with Gasteiger partial charge in [0.25, 0.3) is 0 Å². The maximum absolute atomic E-state index is 13.1. The Morgan fingerprint density at radius 3 is 2.72 bits per heavy atom. The maximum atomic E-state index is 13.1. The minimum atomic E-state index is -4.45. The van der Waals surface area contributed by atoms with E-state index in [9.17, 15) is 18.0 Å². The summed E-state index contributed by atoms with van der Waals surface area (Å²) in [5, 5.41) is 4.39. The smallest absolute Gasteiger partial charge is 0.321 e. The highest BCUT2D eigenvalue weighted by molar-refractivity contribution is 8.00. The van der Waals surface area contributed by atoms with E-state index in [0.29, 0.717) is 19.1 Å². The largest absolute Gasteiger partial charge is 0.416 e. The van der Waals surface area contributed by atoms with Crippen LogP contribution in [0.2, 0.25) is 0 Å². The second-order valence-electron chi connectivity index (χ2n) is 8.14. The van der Waals surface area contributed by atoms with Gasteiger partial charge in [0.1, 0.15) is 0 Å². The van der Waals surface area contributed by atoms with Crippen LogP contribution in [-0.2, 0) is 6.18 Å². The molecule has 1 aromatic rings. The van der Waals surface area contributed by atoms with E-state index in [4.69, 9.17) is 0 Å². The minimum Gasteiger partial charge on any atom is -0.321 e. The zero-order valence-corrected chi connectivity index (χ0v) is 19.8. The average Bonchev–Trinajstić information content (AvgIpc) is 2.76. The van der Waals surface area contributed by atoms with Gasteiger partial charge in [-0.3, -0.25) is 4.72 Å². The Balaban J connectivity index is 2.04. The SMILES string of the molecule is C=CSNCCCN(C(=O)Nc1cccc(C(F)(F)F)c1)C1CCN(C(C)CCC)CC1. The fourth-order valence-electron chi connectivity index (χ4n) is 4.10. The lowest BCUT2D eigenvalue weighted by Gasteiger charge is -2.40. The number of anilines is 1. The molecule has 0 aromatic heterocycles. The number of likely N-dealkylation sites (tertiary alicyclic amines) is 1. The summed E-state index contributed by atoms with van der Waals surface area (Å²) in [6.07, 6.45) is 0.303. The zero-order valence-electron chi connectivity index (χ0n) is 19.0. The normalized spacial score (nSPS) is 16.5. The van der Waals surface area contributed by atoms with Crippen molar-refractivity contribution < 1.29 is 18.0 Å². The molecular weight excluding hydrogens is 437 g/mol. The number of rotatable bonds is 11. The molecule has 9 heteroatoms. The third kappa shape index (κ3) is 8.33. The van der Waals surface area contributed by atoms with E-state index >= 15 is 0 Å². The van der Waals surface area contributed by atoms with Gasteiger partial charge in [-0.2, -0.15) is 13.2 Å². The number of nitrogens with one attached hydrogen (secondary N) is 2. The Morgan fingerprint density at radius 1 is 1.38 bits per heavy atom. The van der Waals surface area contributed by atoms with Crippen molar-refractivity contribution in [2.45, 2.75) is 64.2 Å². The third-order valence-corrected chi connectivity index (χ3v) is 6.35. The number of carbonyl (C=O) groups excluding carboxylic acids is 1. The average molecular weight is 473 g/mol. The lowest BCUT2D eigenvalue weighted by atomic mass is 10.0. The van der Waals surface area contributed by atoms with Crippen LogP contribution in [0.5, 0.6) is 0 Å². The molecule has 0 radical (unpaired) electrons. The Kier molecular flexibility index (Phi) is 10.9. The molecule has 1 atom stereocenters. The predicted molar refractivity (Wildman–Crippen MR) is 127 cm³/mol. The van der Waals surface area contributed by atoms with Crippen LogP contribution >= 0.6 is 11.9 Å². The number of urea groups is 1. The van der Waals surface area contributed by atoms with Gasteiger partial charge < -0.3 is 15.1 Å². The van der Waals surface area contributed by atoms with E-state index in [1.165, 1.54) is 24.1 Å². The van der Waals surface area contributed by atoms with Crippen LogP contribution in [0.1, 0.15) is 51.5 Å². The predicted octanol–water partition coefficient (Wildman–Crippen LogP) is 5.96. The molecule has 1 heterocycles. The molecule has 0 saturated carbocycles. The number of hydrogen-bond acceptors (Lipinski definition) is 4. The summed E-state index contributed by atoms with van der Waals surface area (Å²) in [7, 11) is 0. The summed E-state index contributed by atoms with van der Waals surface area (Å²) >= 11 is 1.40. The number of amides is 2. The maximum Gasteiger partial charge on any atom is 0.416 e. The van der Waals surface area contributed by atoms with Crippen molar-refractivity contribution >= 4 is 23.7 Å². The topological polar surface area (TPSA) is 47.6 Å². The fraction of sp³-hybridized carbons (Fsp3) is 0.609. The summed E-state index contributed by atoms with van der Waals surface area (Å²) in [4.78, 5) is 17.3. The van der Waals surface area contributed by atoms with Crippen LogP contribution in [0.25, 0.3) is 0 Å². The van der Waals surface area contributed by atoms with Crippen molar-refractivity contribution in [3.05, 3.63) is 41.8 Å². The van der Waals surface area contributed by atoms with E-state index in [1.807, 2.05) is 0 Å².